The Morgan fingerprint density at radius 2 is 2.25 bits per heavy atom. The zero-order chi connectivity index (χ0) is 14.2. The lowest BCUT2D eigenvalue weighted by atomic mass is 9.84. The molecular formula is C16H20FNOS. The van der Waals surface area contributed by atoms with Crippen LogP contribution in [0.1, 0.15) is 25.3 Å². The van der Waals surface area contributed by atoms with Gasteiger partial charge in [0, 0.05) is 10.7 Å². The molecule has 1 heterocycles. The van der Waals surface area contributed by atoms with Crippen molar-refractivity contribution in [2.75, 3.05) is 13.2 Å². The molecule has 2 aromatic rings. The number of hydrogen-bond acceptors (Lipinski definition) is 3. The van der Waals surface area contributed by atoms with Crippen molar-refractivity contribution in [1.82, 2.24) is 5.32 Å². The van der Waals surface area contributed by atoms with Gasteiger partial charge in [-0.1, -0.05) is 19.1 Å². The van der Waals surface area contributed by atoms with Crippen molar-refractivity contribution < 1.29 is 9.50 Å². The third kappa shape index (κ3) is 2.36. The topological polar surface area (TPSA) is 32.3 Å². The number of likely N-dealkylation sites (N-methyl/N-ethyl adjacent to an activating group) is 1. The first-order valence-electron chi connectivity index (χ1n) is 7.18. The summed E-state index contributed by atoms with van der Waals surface area (Å²) in [5.74, 6) is 0.384. The summed E-state index contributed by atoms with van der Waals surface area (Å²) < 4.78 is 14.8. The molecule has 4 heteroatoms. The van der Waals surface area contributed by atoms with Gasteiger partial charge in [-0.25, -0.2) is 4.39 Å². The smallest absolute Gasteiger partial charge is 0.133 e. The Labute approximate surface area is 122 Å². The Kier molecular flexibility index (Phi) is 3.80. The molecule has 2 atom stereocenters. The highest BCUT2D eigenvalue weighted by Crippen LogP contribution is 2.42. The maximum atomic E-state index is 13.7. The highest BCUT2D eigenvalue weighted by Gasteiger charge is 2.46. The van der Waals surface area contributed by atoms with E-state index in [9.17, 15) is 9.50 Å². The molecule has 1 saturated carbocycles. The van der Waals surface area contributed by atoms with Gasteiger partial charge in [0.05, 0.1) is 0 Å². The number of halogens is 1. The van der Waals surface area contributed by atoms with E-state index in [0.717, 1.165) is 29.5 Å². The van der Waals surface area contributed by atoms with Gasteiger partial charge in [0.1, 0.15) is 12.3 Å². The van der Waals surface area contributed by atoms with Crippen LogP contribution in [0.2, 0.25) is 0 Å². The fourth-order valence-corrected chi connectivity index (χ4v) is 3.77. The summed E-state index contributed by atoms with van der Waals surface area (Å²) in [6.07, 6.45) is 2.14. The lowest BCUT2D eigenvalue weighted by molar-refractivity contribution is -0.0313. The molecule has 1 aliphatic carbocycles. The van der Waals surface area contributed by atoms with Crippen molar-refractivity contribution in [3.63, 3.8) is 0 Å². The molecule has 0 spiro atoms. The van der Waals surface area contributed by atoms with E-state index in [1.807, 2.05) is 36.6 Å². The van der Waals surface area contributed by atoms with Crippen LogP contribution in [0.25, 0.3) is 10.1 Å². The number of hydrogen-bond donors (Lipinski definition) is 2. The van der Waals surface area contributed by atoms with Crippen LogP contribution in [0, 0.1) is 5.92 Å². The van der Waals surface area contributed by atoms with Crippen LogP contribution in [0.15, 0.2) is 29.6 Å². The number of aliphatic hydroxyl groups is 1. The van der Waals surface area contributed by atoms with E-state index < -0.39 is 12.3 Å². The first kappa shape index (κ1) is 14.0. The number of thiophene rings is 1. The minimum absolute atomic E-state index is 0.199. The summed E-state index contributed by atoms with van der Waals surface area (Å²) in [4.78, 5) is 0. The van der Waals surface area contributed by atoms with E-state index in [-0.39, 0.29) is 6.04 Å². The Morgan fingerprint density at radius 1 is 1.45 bits per heavy atom. The zero-order valence-corrected chi connectivity index (χ0v) is 12.4. The second kappa shape index (κ2) is 5.43. The van der Waals surface area contributed by atoms with E-state index in [2.05, 4.69) is 5.32 Å². The van der Waals surface area contributed by atoms with Gasteiger partial charge < -0.3 is 10.4 Å². The largest absolute Gasteiger partial charge is 0.381 e. The average Bonchev–Trinajstić information content (AvgIpc) is 3.20. The van der Waals surface area contributed by atoms with Gasteiger partial charge in [-0.2, -0.15) is 0 Å². The molecule has 0 bridgehead atoms. The monoisotopic (exact) mass is 293 g/mol. The lowest BCUT2D eigenvalue weighted by Crippen LogP contribution is -2.51. The van der Waals surface area contributed by atoms with Crippen LogP contribution < -0.4 is 5.32 Å². The van der Waals surface area contributed by atoms with Gasteiger partial charge >= 0.3 is 0 Å². The van der Waals surface area contributed by atoms with Crippen molar-refractivity contribution in [2.45, 2.75) is 31.4 Å². The van der Waals surface area contributed by atoms with E-state index in [1.165, 1.54) is 0 Å². The van der Waals surface area contributed by atoms with Gasteiger partial charge in [-0.05, 0) is 53.8 Å². The fraction of sp³-hybridized carbons (Fsp3) is 0.500. The number of nitrogens with one attached hydrogen (secondary N) is 1. The van der Waals surface area contributed by atoms with Gasteiger partial charge in [0.2, 0.25) is 0 Å². The predicted molar refractivity (Wildman–Crippen MR) is 81.9 cm³/mol. The summed E-state index contributed by atoms with van der Waals surface area (Å²) in [5.41, 5.74) is -0.733. The normalized spacial score (nSPS) is 19.9. The van der Waals surface area contributed by atoms with Gasteiger partial charge in [0.25, 0.3) is 0 Å². The molecule has 0 aliphatic heterocycles. The molecule has 20 heavy (non-hydrogen) atoms. The molecule has 1 fully saturated rings. The molecule has 1 aromatic carbocycles. The van der Waals surface area contributed by atoms with Crippen LogP contribution in [-0.4, -0.2) is 24.4 Å². The SMILES string of the molecule is CCNC(C1CC1)C(O)(CF)c1ccc2ccsc2c1. The highest BCUT2D eigenvalue weighted by atomic mass is 32.1. The summed E-state index contributed by atoms with van der Waals surface area (Å²) in [6, 6.07) is 7.61. The Morgan fingerprint density at radius 3 is 2.90 bits per heavy atom. The van der Waals surface area contributed by atoms with Crippen LogP contribution in [0.5, 0.6) is 0 Å². The van der Waals surface area contributed by atoms with E-state index in [0.29, 0.717) is 11.5 Å². The van der Waals surface area contributed by atoms with Gasteiger partial charge in [-0.3, -0.25) is 0 Å². The first-order valence-corrected chi connectivity index (χ1v) is 8.06. The first-order chi connectivity index (χ1) is 9.69. The Hall–Kier alpha value is -0.970. The van der Waals surface area contributed by atoms with Crippen molar-refractivity contribution in [2.24, 2.45) is 5.92 Å². The average molecular weight is 293 g/mol. The standard InChI is InChI=1S/C16H20FNOS/c1-2-18-15(12-3-4-12)16(19,10-17)13-6-5-11-7-8-20-14(11)9-13/h5-9,12,15,18-19H,2-4,10H2,1H3. The second-order valence-electron chi connectivity index (χ2n) is 5.60. The molecule has 0 saturated heterocycles. The van der Waals surface area contributed by atoms with Crippen LogP contribution >= 0.6 is 11.3 Å². The maximum Gasteiger partial charge on any atom is 0.133 e. The minimum Gasteiger partial charge on any atom is -0.381 e. The molecule has 0 radical (unpaired) electrons. The van der Waals surface area contributed by atoms with E-state index >= 15 is 0 Å². The number of alkyl halides is 1. The molecule has 1 aromatic heterocycles. The molecule has 1 aliphatic rings. The zero-order valence-electron chi connectivity index (χ0n) is 11.6. The number of benzene rings is 1. The molecule has 2 N–H and O–H groups in total. The third-order valence-electron chi connectivity index (χ3n) is 4.19. The lowest BCUT2D eigenvalue weighted by Gasteiger charge is -2.35. The number of rotatable bonds is 6. The quantitative estimate of drug-likeness (QED) is 0.855. The Balaban J connectivity index is 2.00. The summed E-state index contributed by atoms with van der Waals surface area (Å²) in [5, 5.41) is 17.4. The summed E-state index contributed by atoms with van der Waals surface area (Å²) in [6.45, 7) is 1.99. The van der Waals surface area contributed by atoms with Crippen LogP contribution in [-0.2, 0) is 5.60 Å². The third-order valence-corrected chi connectivity index (χ3v) is 5.07. The maximum absolute atomic E-state index is 13.7. The van der Waals surface area contributed by atoms with Gasteiger partial charge in [-0.15, -0.1) is 11.3 Å². The van der Waals surface area contributed by atoms with Crippen molar-refractivity contribution in [3.8, 4) is 0 Å². The fourth-order valence-electron chi connectivity index (χ4n) is 2.94. The molecule has 0 amide bonds. The highest BCUT2D eigenvalue weighted by molar-refractivity contribution is 7.17. The molecule has 2 unspecified atom stereocenters. The second-order valence-corrected chi connectivity index (χ2v) is 6.55. The van der Waals surface area contributed by atoms with Crippen molar-refractivity contribution in [3.05, 3.63) is 35.2 Å². The molecule has 108 valence electrons. The minimum atomic E-state index is -1.42. The molecular weight excluding hydrogens is 273 g/mol. The van der Waals surface area contributed by atoms with Gasteiger partial charge in [0.15, 0.2) is 0 Å². The van der Waals surface area contributed by atoms with Crippen molar-refractivity contribution >= 4 is 21.4 Å². The number of fused-ring (bicyclic) bond motifs is 1. The predicted octanol–water partition coefficient (Wildman–Crippen LogP) is 3.45. The van der Waals surface area contributed by atoms with Crippen LogP contribution in [0.3, 0.4) is 0 Å². The van der Waals surface area contributed by atoms with E-state index in [4.69, 9.17) is 0 Å². The van der Waals surface area contributed by atoms with Crippen molar-refractivity contribution in [1.29, 1.82) is 0 Å². The van der Waals surface area contributed by atoms with E-state index in [1.54, 1.807) is 11.3 Å². The summed E-state index contributed by atoms with van der Waals surface area (Å²) >= 11 is 1.62. The molecule has 2 nitrogen and oxygen atoms in total. The Bertz CT molecular complexity index is 595. The summed E-state index contributed by atoms with van der Waals surface area (Å²) in [7, 11) is 0. The molecule has 3 rings (SSSR count). The van der Waals surface area contributed by atoms with Crippen LogP contribution in [0.4, 0.5) is 4.39 Å².